The van der Waals surface area contributed by atoms with Gasteiger partial charge < -0.3 is 10.2 Å². The molecule has 0 aliphatic rings. The van der Waals surface area contributed by atoms with Crippen molar-refractivity contribution in [1.82, 2.24) is 20.8 Å². The molecule has 11 heteroatoms. The van der Waals surface area contributed by atoms with E-state index in [2.05, 4.69) is 31.0 Å². The average molecular weight is 535 g/mol. The summed E-state index contributed by atoms with van der Waals surface area (Å²) in [5, 5.41) is 30.2. The number of pyridine rings is 2. The van der Waals surface area contributed by atoms with Crippen LogP contribution in [-0.4, -0.2) is 34.2 Å². The Morgan fingerprint density at radius 3 is 1.35 bits per heavy atom. The molecule has 2 heterocycles. The average Bonchev–Trinajstić information content (AvgIpc) is 2.91. The number of para-hydroxylation sites is 2. The van der Waals surface area contributed by atoms with E-state index in [9.17, 15) is 19.8 Å². The van der Waals surface area contributed by atoms with E-state index >= 15 is 0 Å². The van der Waals surface area contributed by atoms with E-state index in [-0.39, 0.29) is 39.7 Å². The van der Waals surface area contributed by atoms with Crippen LogP contribution in [0.25, 0.3) is 0 Å². The standard InChI is InChI=1S/2C13H11N3O2.Mn/c2*17-12-7-2-1-6-11(12)13(18)16-15-9-10-5-3-4-8-14-10;/h2*1-9,17H,(H,16,18);/q;;+2/p-2/b2*15-9+;. The summed E-state index contributed by atoms with van der Waals surface area (Å²) in [5.74, 6) is -1.73. The molecule has 185 valence electrons. The third-order valence-electron chi connectivity index (χ3n) is 4.36. The second-order valence-corrected chi connectivity index (χ2v) is 6.90. The van der Waals surface area contributed by atoms with Gasteiger partial charge in [0, 0.05) is 23.5 Å². The maximum Gasteiger partial charge on any atom is 2.00 e. The number of nitrogens with zero attached hydrogens (tertiary/aromatic N) is 4. The van der Waals surface area contributed by atoms with E-state index < -0.39 is 11.8 Å². The Balaban J connectivity index is 0.000000253. The number of hydrogen-bond acceptors (Lipinski definition) is 8. The van der Waals surface area contributed by atoms with E-state index in [1.165, 1.54) is 36.7 Å². The van der Waals surface area contributed by atoms with Gasteiger partial charge in [-0.15, -0.1) is 0 Å². The molecule has 0 aliphatic heterocycles. The van der Waals surface area contributed by atoms with Crippen LogP contribution in [0.3, 0.4) is 0 Å². The summed E-state index contributed by atoms with van der Waals surface area (Å²) in [4.78, 5) is 31.2. The molecule has 0 unspecified atom stereocenters. The molecular weight excluding hydrogens is 515 g/mol. The summed E-state index contributed by atoms with van der Waals surface area (Å²) in [6.07, 6.45) is 6.06. The predicted octanol–water partition coefficient (Wildman–Crippen LogP) is 1.84. The van der Waals surface area contributed by atoms with Gasteiger partial charge in [-0.25, -0.2) is 10.9 Å². The van der Waals surface area contributed by atoms with Crippen LogP contribution in [0.15, 0.2) is 108 Å². The molecule has 0 spiro atoms. The summed E-state index contributed by atoms with van der Waals surface area (Å²) >= 11 is 0. The zero-order valence-electron chi connectivity index (χ0n) is 19.2. The molecule has 0 saturated heterocycles. The molecule has 0 aliphatic carbocycles. The molecule has 4 aromatic rings. The van der Waals surface area contributed by atoms with Gasteiger partial charge in [0.25, 0.3) is 11.8 Å². The van der Waals surface area contributed by atoms with Gasteiger partial charge in [0.05, 0.1) is 23.8 Å². The van der Waals surface area contributed by atoms with Crippen LogP contribution < -0.4 is 21.1 Å². The van der Waals surface area contributed by atoms with Crippen molar-refractivity contribution in [2.24, 2.45) is 10.2 Å². The van der Waals surface area contributed by atoms with Crippen LogP contribution in [0, 0.1) is 0 Å². The number of hydrogen-bond donors (Lipinski definition) is 2. The molecule has 2 amide bonds. The number of benzene rings is 2. The second kappa shape index (κ2) is 15.2. The van der Waals surface area contributed by atoms with Gasteiger partial charge in [0.1, 0.15) is 0 Å². The largest absolute Gasteiger partial charge is 2.00 e. The SMILES string of the molecule is O=C(N/N=C/c1ccccn1)c1ccccc1[O-].O=C(N/N=C/c1ccccn1)c1ccccc1[O-].[Mn+2]. The van der Waals surface area contributed by atoms with Crippen LogP contribution in [0.5, 0.6) is 11.5 Å². The van der Waals surface area contributed by atoms with E-state index in [1.807, 2.05) is 12.1 Å². The normalized spacial score (nSPS) is 10.2. The predicted molar refractivity (Wildman–Crippen MR) is 130 cm³/mol. The molecule has 2 N–H and O–H groups in total. The number of carbonyl (C=O) groups excluding carboxylic acids is 2. The van der Waals surface area contributed by atoms with Gasteiger partial charge in [-0.1, -0.05) is 72.2 Å². The molecular formula is C26H20MnN6O4. The van der Waals surface area contributed by atoms with Crippen molar-refractivity contribution >= 4 is 24.2 Å². The van der Waals surface area contributed by atoms with Crippen molar-refractivity contribution in [2.75, 3.05) is 0 Å². The van der Waals surface area contributed by atoms with Gasteiger partial charge in [-0.3, -0.25) is 19.6 Å². The molecule has 2 aromatic carbocycles. The van der Waals surface area contributed by atoms with Crippen molar-refractivity contribution in [3.05, 3.63) is 120 Å². The summed E-state index contributed by atoms with van der Waals surface area (Å²) < 4.78 is 0. The fourth-order valence-corrected chi connectivity index (χ4v) is 2.65. The van der Waals surface area contributed by atoms with Gasteiger partial charge in [-0.2, -0.15) is 10.2 Å². The molecule has 1 radical (unpaired) electrons. The molecule has 10 nitrogen and oxygen atoms in total. The summed E-state index contributed by atoms with van der Waals surface area (Å²) in [5.41, 5.74) is 5.93. The van der Waals surface area contributed by atoms with Crippen molar-refractivity contribution in [3.8, 4) is 11.5 Å². The maximum atomic E-state index is 11.6. The van der Waals surface area contributed by atoms with Crippen LogP contribution in [0.1, 0.15) is 32.1 Å². The van der Waals surface area contributed by atoms with E-state index in [0.717, 1.165) is 0 Å². The number of aromatic nitrogens is 2. The van der Waals surface area contributed by atoms with Crippen LogP contribution >= 0.6 is 0 Å². The number of rotatable bonds is 6. The fraction of sp³-hybridized carbons (Fsp3) is 0. The van der Waals surface area contributed by atoms with E-state index in [1.54, 1.807) is 60.9 Å². The Morgan fingerprint density at radius 1 is 0.622 bits per heavy atom. The maximum absolute atomic E-state index is 11.6. The third-order valence-corrected chi connectivity index (χ3v) is 4.36. The van der Waals surface area contributed by atoms with Gasteiger partial charge in [0.2, 0.25) is 0 Å². The molecule has 4 rings (SSSR count). The van der Waals surface area contributed by atoms with E-state index in [4.69, 9.17) is 0 Å². The summed E-state index contributed by atoms with van der Waals surface area (Å²) in [6, 6.07) is 22.6. The van der Waals surface area contributed by atoms with Gasteiger partial charge >= 0.3 is 17.1 Å². The number of hydrazone groups is 2. The minimum Gasteiger partial charge on any atom is -0.872 e. The molecule has 37 heavy (non-hydrogen) atoms. The molecule has 0 bridgehead atoms. The number of carbonyl (C=O) groups is 2. The number of amides is 2. The monoisotopic (exact) mass is 535 g/mol. The Morgan fingerprint density at radius 2 is 1.00 bits per heavy atom. The minimum atomic E-state index is -0.534. The minimum absolute atomic E-state index is 0. The van der Waals surface area contributed by atoms with Crippen LogP contribution in [0.2, 0.25) is 0 Å². The molecule has 0 saturated carbocycles. The smallest absolute Gasteiger partial charge is 0.872 e. The zero-order chi connectivity index (χ0) is 25.6. The third kappa shape index (κ3) is 9.36. The Hall–Kier alpha value is -4.86. The van der Waals surface area contributed by atoms with Crippen molar-refractivity contribution in [1.29, 1.82) is 0 Å². The van der Waals surface area contributed by atoms with Gasteiger partial charge in [0.15, 0.2) is 0 Å². The summed E-state index contributed by atoms with van der Waals surface area (Å²) in [7, 11) is 0. The summed E-state index contributed by atoms with van der Waals surface area (Å²) in [6.45, 7) is 0. The topological polar surface area (TPSA) is 155 Å². The first-order chi connectivity index (χ1) is 17.5. The van der Waals surface area contributed by atoms with E-state index in [0.29, 0.717) is 11.4 Å². The first-order valence-corrected chi connectivity index (χ1v) is 10.6. The quantitative estimate of drug-likeness (QED) is 0.218. The number of nitrogens with one attached hydrogen (secondary N) is 2. The Bertz CT molecular complexity index is 1250. The zero-order valence-corrected chi connectivity index (χ0v) is 20.4. The fourth-order valence-electron chi connectivity index (χ4n) is 2.65. The molecule has 0 fully saturated rings. The van der Waals surface area contributed by atoms with Gasteiger partial charge in [-0.05, 0) is 24.3 Å². The van der Waals surface area contributed by atoms with Crippen molar-refractivity contribution in [3.63, 3.8) is 0 Å². The van der Waals surface area contributed by atoms with Crippen LogP contribution in [-0.2, 0) is 17.1 Å². The van der Waals surface area contributed by atoms with Crippen LogP contribution in [0.4, 0.5) is 0 Å². The molecule has 2 aromatic heterocycles. The van der Waals surface area contributed by atoms with Crippen molar-refractivity contribution in [2.45, 2.75) is 0 Å². The van der Waals surface area contributed by atoms with Crippen molar-refractivity contribution < 1.29 is 36.9 Å². The molecule has 0 atom stereocenters. The Labute approximate surface area is 223 Å². The second-order valence-electron chi connectivity index (χ2n) is 6.90. The first-order valence-electron chi connectivity index (χ1n) is 10.6. The Kier molecular flexibility index (Phi) is 11.7. The first kappa shape index (κ1) is 28.4.